The lowest BCUT2D eigenvalue weighted by atomic mass is 10.0. The maximum Gasteiger partial charge on any atom is 0.472 e. The molecule has 0 aliphatic rings. The molecule has 0 bridgehead atoms. The first-order chi connectivity index (χ1) is 27.6. The summed E-state index contributed by atoms with van der Waals surface area (Å²) in [5, 5.41) is 8.89. The Kier molecular flexibility index (Phi) is 39.3. The second-order valence-corrected chi connectivity index (χ2v) is 17.0. The van der Waals surface area contributed by atoms with Gasteiger partial charge in [-0.15, -0.1) is 0 Å². The third kappa shape index (κ3) is 40.5. The van der Waals surface area contributed by atoms with E-state index in [0.717, 1.165) is 64.2 Å². The summed E-state index contributed by atoms with van der Waals surface area (Å²) in [7, 11) is -4.72. The van der Waals surface area contributed by atoms with Crippen molar-refractivity contribution in [1.82, 2.24) is 0 Å². The highest BCUT2D eigenvalue weighted by Gasteiger charge is 2.28. The van der Waals surface area contributed by atoms with Crippen LogP contribution in [0.4, 0.5) is 0 Å². The summed E-state index contributed by atoms with van der Waals surface area (Å²) in [5.74, 6) is -2.38. The van der Waals surface area contributed by atoms with Gasteiger partial charge >= 0.3 is 25.7 Å². The van der Waals surface area contributed by atoms with E-state index in [9.17, 15) is 23.8 Å². The molecule has 11 nitrogen and oxygen atoms in total. The minimum absolute atomic E-state index is 0.148. The molecule has 0 aromatic carbocycles. The number of ether oxygens (including phenoxy) is 2. The Morgan fingerprint density at radius 2 is 0.930 bits per heavy atom. The van der Waals surface area contributed by atoms with Crippen molar-refractivity contribution in [2.24, 2.45) is 5.73 Å². The number of phosphoric ester groups is 1. The molecule has 0 aromatic rings. The fourth-order valence-corrected chi connectivity index (χ4v) is 7.11. The van der Waals surface area contributed by atoms with Crippen molar-refractivity contribution in [1.29, 1.82) is 0 Å². The first-order valence-corrected chi connectivity index (χ1v) is 24.4. The zero-order valence-corrected chi connectivity index (χ0v) is 37.1. The van der Waals surface area contributed by atoms with Crippen LogP contribution in [0, 0.1) is 0 Å². The minimum atomic E-state index is -4.72. The Labute approximate surface area is 347 Å². The molecule has 0 rings (SSSR count). The highest BCUT2D eigenvalue weighted by atomic mass is 31.2. The maximum absolute atomic E-state index is 12.6. The maximum atomic E-state index is 12.6. The number of allylic oxidation sites excluding steroid dienone is 4. The summed E-state index contributed by atoms with van der Waals surface area (Å²) in [4.78, 5) is 46.0. The first kappa shape index (κ1) is 55.0. The molecule has 0 amide bonds. The van der Waals surface area contributed by atoms with Gasteiger partial charge in [-0.1, -0.05) is 179 Å². The number of carboxylic acid groups (broad SMARTS) is 1. The molecule has 3 unspecified atom stereocenters. The molecule has 0 saturated heterocycles. The lowest BCUT2D eigenvalue weighted by Gasteiger charge is -2.20. The van der Waals surface area contributed by atoms with E-state index in [1.807, 2.05) is 0 Å². The van der Waals surface area contributed by atoms with Crippen LogP contribution in [0.3, 0.4) is 0 Å². The van der Waals surface area contributed by atoms with Gasteiger partial charge in [-0.3, -0.25) is 23.4 Å². The molecular weight excluding hydrogens is 745 g/mol. The van der Waals surface area contributed by atoms with E-state index < -0.39 is 51.1 Å². The van der Waals surface area contributed by atoms with E-state index in [-0.39, 0.29) is 19.4 Å². The Morgan fingerprint density at radius 1 is 0.544 bits per heavy atom. The van der Waals surface area contributed by atoms with E-state index in [4.69, 9.17) is 24.8 Å². The van der Waals surface area contributed by atoms with E-state index in [0.29, 0.717) is 12.8 Å². The normalized spacial score (nSPS) is 13.9. The second-order valence-electron chi connectivity index (χ2n) is 15.5. The van der Waals surface area contributed by atoms with Gasteiger partial charge in [0.2, 0.25) is 0 Å². The predicted molar refractivity (Wildman–Crippen MR) is 231 cm³/mol. The zero-order chi connectivity index (χ0) is 42.1. The van der Waals surface area contributed by atoms with Gasteiger partial charge in [0.25, 0.3) is 0 Å². The lowest BCUT2D eigenvalue weighted by Crippen LogP contribution is -2.34. The zero-order valence-electron chi connectivity index (χ0n) is 36.2. The summed E-state index contributed by atoms with van der Waals surface area (Å²) >= 11 is 0. The highest BCUT2D eigenvalue weighted by molar-refractivity contribution is 7.47. The van der Waals surface area contributed by atoms with Crippen LogP contribution in [0.5, 0.6) is 0 Å². The Hall–Kier alpha value is -2.04. The van der Waals surface area contributed by atoms with Crippen molar-refractivity contribution >= 4 is 25.7 Å². The number of esters is 2. The van der Waals surface area contributed by atoms with Crippen molar-refractivity contribution in [2.45, 2.75) is 225 Å². The fraction of sp³-hybridized carbons (Fsp3) is 0.844. The first-order valence-electron chi connectivity index (χ1n) is 22.9. The fourth-order valence-electron chi connectivity index (χ4n) is 6.33. The number of nitrogens with two attached hydrogens (primary N) is 1. The Balaban J connectivity index is 4.33. The average molecular weight is 830 g/mol. The van der Waals surface area contributed by atoms with Crippen LogP contribution in [0.25, 0.3) is 0 Å². The van der Waals surface area contributed by atoms with Crippen molar-refractivity contribution in [3.63, 3.8) is 0 Å². The van der Waals surface area contributed by atoms with Gasteiger partial charge in [0.1, 0.15) is 12.6 Å². The van der Waals surface area contributed by atoms with Crippen LogP contribution in [0.1, 0.15) is 213 Å². The number of rotatable bonds is 43. The van der Waals surface area contributed by atoms with E-state index in [1.54, 1.807) is 0 Å². The molecule has 0 fully saturated rings. The molecule has 4 N–H and O–H groups in total. The summed E-state index contributed by atoms with van der Waals surface area (Å²) in [6.07, 6.45) is 42.3. The molecule has 3 atom stereocenters. The quantitative estimate of drug-likeness (QED) is 0.0231. The predicted octanol–water partition coefficient (Wildman–Crippen LogP) is 12.2. The number of phosphoric acid groups is 1. The van der Waals surface area contributed by atoms with Crippen LogP contribution in [-0.4, -0.2) is 59.9 Å². The van der Waals surface area contributed by atoms with Gasteiger partial charge < -0.3 is 25.2 Å². The lowest BCUT2D eigenvalue weighted by molar-refractivity contribution is -0.161. The van der Waals surface area contributed by atoms with Crippen LogP contribution in [0.2, 0.25) is 0 Å². The summed E-state index contributed by atoms with van der Waals surface area (Å²) in [6.45, 7) is 2.80. The average Bonchev–Trinajstić information content (AvgIpc) is 3.19. The number of carbonyl (C=O) groups is 3. The molecule has 0 heterocycles. The Bertz CT molecular complexity index is 1070. The molecule has 57 heavy (non-hydrogen) atoms. The van der Waals surface area contributed by atoms with Crippen molar-refractivity contribution in [3.05, 3.63) is 24.3 Å². The Morgan fingerprint density at radius 3 is 1.39 bits per heavy atom. The standard InChI is InChI=1S/C45H84NO10P/c1-3-5-7-9-11-13-15-17-19-21-23-24-26-28-30-32-34-36-43(47)53-38-41(39-54-57(51,52)55-40-42(46)45(49)50)56-44(48)37-35-33-31-29-27-25-22-20-18-16-14-12-10-8-6-4-2/h14,16,20,22,41-42H,3-13,15,17-19,21,23-40,46H2,1-2H3,(H,49,50)(H,51,52)/b16-14-,22-20-. The van der Waals surface area contributed by atoms with Gasteiger partial charge in [-0.05, 0) is 44.9 Å². The highest BCUT2D eigenvalue weighted by Crippen LogP contribution is 2.43. The third-order valence-electron chi connectivity index (χ3n) is 9.95. The molecule has 0 radical (unpaired) electrons. The summed E-state index contributed by atoms with van der Waals surface area (Å²) in [5.41, 5.74) is 5.34. The minimum Gasteiger partial charge on any atom is -0.480 e. The number of carboxylic acids is 1. The van der Waals surface area contributed by atoms with E-state index in [2.05, 4.69) is 42.7 Å². The van der Waals surface area contributed by atoms with Crippen molar-refractivity contribution < 1.29 is 47.5 Å². The monoisotopic (exact) mass is 830 g/mol. The second kappa shape index (κ2) is 40.7. The molecule has 12 heteroatoms. The molecule has 0 saturated carbocycles. The van der Waals surface area contributed by atoms with Gasteiger partial charge in [0.05, 0.1) is 13.2 Å². The van der Waals surface area contributed by atoms with Gasteiger partial charge in [-0.25, -0.2) is 4.57 Å². The van der Waals surface area contributed by atoms with E-state index in [1.165, 1.54) is 109 Å². The topological polar surface area (TPSA) is 172 Å². The van der Waals surface area contributed by atoms with Crippen LogP contribution in [0.15, 0.2) is 24.3 Å². The van der Waals surface area contributed by atoms with Gasteiger partial charge in [-0.2, -0.15) is 0 Å². The van der Waals surface area contributed by atoms with Crippen molar-refractivity contribution in [3.8, 4) is 0 Å². The largest absolute Gasteiger partial charge is 0.480 e. The number of carbonyl (C=O) groups excluding carboxylic acids is 2. The summed E-state index contributed by atoms with van der Waals surface area (Å²) in [6, 6.07) is -1.52. The van der Waals surface area contributed by atoms with Gasteiger partial charge in [0.15, 0.2) is 6.10 Å². The molecule has 0 spiro atoms. The number of aliphatic carboxylic acids is 1. The smallest absolute Gasteiger partial charge is 0.472 e. The third-order valence-corrected chi connectivity index (χ3v) is 10.9. The van der Waals surface area contributed by atoms with Crippen LogP contribution >= 0.6 is 7.82 Å². The summed E-state index contributed by atoms with van der Waals surface area (Å²) < 4.78 is 32.7. The number of unbranched alkanes of at least 4 members (excludes halogenated alkanes) is 25. The number of hydrogen-bond acceptors (Lipinski definition) is 9. The number of hydrogen-bond donors (Lipinski definition) is 3. The van der Waals surface area contributed by atoms with Crippen LogP contribution < -0.4 is 5.73 Å². The van der Waals surface area contributed by atoms with E-state index >= 15 is 0 Å². The molecular formula is C45H84NO10P. The molecule has 334 valence electrons. The van der Waals surface area contributed by atoms with Crippen LogP contribution in [-0.2, 0) is 37.5 Å². The van der Waals surface area contributed by atoms with Gasteiger partial charge in [0, 0.05) is 12.8 Å². The molecule has 0 aliphatic heterocycles. The van der Waals surface area contributed by atoms with Crippen molar-refractivity contribution in [2.75, 3.05) is 19.8 Å². The molecule has 0 aromatic heterocycles. The molecule has 0 aliphatic carbocycles. The SMILES string of the molecule is CCCCCC/C=C\C/C=C\CCCCCCCC(=O)OC(COC(=O)CCCCCCCCCCCCCCCCCCC)COP(=O)(O)OCC(N)C(=O)O.